The summed E-state index contributed by atoms with van der Waals surface area (Å²) in [4.78, 5) is -1.35. The van der Waals surface area contributed by atoms with Gasteiger partial charge in [0.15, 0.2) is 69.8 Å². The van der Waals surface area contributed by atoms with E-state index in [1.54, 1.807) is 0 Å². The first-order valence-corrected chi connectivity index (χ1v) is 16.0. The van der Waals surface area contributed by atoms with Gasteiger partial charge in [0, 0.05) is 5.39 Å². The van der Waals surface area contributed by atoms with E-state index in [0.717, 1.165) is 0 Å². The molecule has 0 radical (unpaired) electrons. The normalized spacial score (nSPS) is 11.8. The molecule has 58 heavy (non-hydrogen) atoms. The van der Waals surface area contributed by atoms with E-state index in [9.17, 15) is 56.9 Å². The van der Waals surface area contributed by atoms with Crippen LogP contribution in [0.25, 0.3) is 33.0 Å². The van der Waals surface area contributed by atoms with E-state index < -0.39 is 176 Å². The molecule has 0 saturated carbocycles. The van der Waals surface area contributed by atoms with Crippen LogP contribution < -0.4 is 9.47 Å². The molecule has 0 N–H and O–H groups in total. The summed E-state index contributed by atoms with van der Waals surface area (Å²) in [5.74, 6) is -57.9. The van der Waals surface area contributed by atoms with Crippen LogP contribution in [-0.2, 0) is 10.1 Å². The lowest BCUT2D eigenvalue weighted by molar-refractivity contribution is 0.362. The van der Waals surface area contributed by atoms with Gasteiger partial charge in [-0.05, 0) is 29.7 Å². The lowest BCUT2D eigenvalue weighted by atomic mass is 10.0. The van der Waals surface area contributed by atoms with Crippen LogP contribution in [0.15, 0.2) is 35.2 Å². The topological polar surface area (TPSA) is 75.7 Å². The van der Waals surface area contributed by atoms with Gasteiger partial charge in [-0.1, -0.05) is 6.07 Å². The van der Waals surface area contributed by atoms with Gasteiger partial charge in [-0.15, -0.1) is 0 Å². The first-order chi connectivity index (χ1) is 26.9. The van der Waals surface area contributed by atoms with Crippen LogP contribution in [0.4, 0.5) is 79.0 Å². The summed E-state index contributed by atoms with van der Waals surface area (Å²) in [5, 5.41) is -1.47. The van der Waals surface area contributed by atoms with E-state index in [1.807, 2.05) is 0 Å². The molecular formula is C34H5F18O5S-. The van der Waals surface area contributed by atoms with Gasteiger partial charge in [0.25, 0.3) is 0 Å². The van der Waals surface area contributed by atoms with Crippen LogP contribution in [0.5, 0.6) is 23.0 Å². The molecule has 0 aliphatic carbocycles. The van der Waals surface area contributed by atoms with E-state index >= 15 is 35.1 Å². The molecule has 24 heteroatoms. The van der Waals surface area contributed by atoms with Gasteiger partial charge in [0.05, 0.1) is 27.1 Å². The van der Waals surface area contributed by atoms with Crippen molar-refractivity contribution in [2.75, 3.05) is 0 Å². The van der Waals surface area contributed by atoms with E-state index in [0.29, 0.717) is 24.3 Å². The van der Waals surface area contributed by atoms with Crippen LogP contribution in [0.3, 0.4) is 0 Å². The second kappa shape index (κ2) is 14.3. The molecule has 0 atom stereocenters. The Hall–Kier alpha value is -6.17. The van der Waals surface area contributed by atoms with Crippen LogP contribution in [0, 0.1) is 105 Å². The first-order valence-electron chi connectivity index (χ1n) is 14.6. The molecule has 0 aliphatic heterocycles. The Morgan fingerprint density at radius 1 is 0.379 bits per heavy atom. The zero-order chi connectivity index (χ0) is 43.2. The first kappa shape index (κ1) is 41.5. The molecule has 0 aromatic heterocycles. The molecule has 0 fully saturated rings. The van der Waals surface area contributed by atoms with Gasteiger partial charge in [-0.3, -0.25) is 0 Å². The fraction of sp³-hybridized carbons (Fsp3) is 0. The van der Waals surface area contributed by atoms with Crippen LogP contribution in [0.1, 0.15) is 0 Å². The molecule has 0 saturated heterocycles. The fourth-order valence-electron chi connectivity index (χ4n) is 5.29. The number of hydrogen-bond acceptors (Lipinski definition) is 5. The molecule has 5 nitrogen and oxygen atoms in total. The predicted molar refractivity (Wildman–Crippen MR) is 155 cm³/mol. The Morgan fingerprint density at radius 3 is 1.03 bits per heavy atom. The lowest BCUT2D eigenvalue weighted by Crippen LogP contribution is -2.10. The highest BCUT2D eigenvalue weighted by atomic mass is 32.2. The standard InChI is InChI=1S/C34H6F18O5S/c35-15-11(16(36)24(44)27(47)23(15)43)13-19(39)29(49)33(30(50)20(13)40)56-7-2-1-6-3-8(58(53,54)55)5-10(9(6)4-7)57-34-31(51)21(41)14(22(42)32(34)52)12-17(37)25(45)28(48)26(46)18(12)38/h1-5H,(H,53,54,55)/p-1. The molecule has 6 rings (SSSR count). The van der Waals surface area contributed by atoms with Gasteiger partial charge >= 0.3 is 0 Å². The fourth-order valence-corrected chi connectivity index (χ4v) is 5.81. The zero-order valence-electron chi connectivity index (χ0n) is 26.6. The average Bonchev–Trinajstić information content (AvgIpc) is 3.18. The Balaban J connectivity index is 1.51. The summed E-state index contributed by atoms with van der Waals surface area (Å²) in [6.07, 6.45) is 0. The maximum Gasteiger partial charge on any atom is 0.205 e. The van der Waals surface area contributed by atoms with Crippen molar-refractivity contribution >= 4 is 20.9 Å². The van der Waals surface area contributed by atoms with Crippen molar-refractivity contribution in [2.24, 2.45) is 0 Å². The second-order valence-corrected chi connectivity index (χ2v) is 12.7. The van der Waals surface area contributed by atoms with Crippen molar-refractivity contribution in [3.8, 4) is 45.3 Å². The largest absolute Gasteiger partial charge is 0.744 e. The smallest absolute Gasteiger partial charge is 0.205 e. The summed E-state index contributed by atoms with van der Waals surface area (Å²) in [6, 6.07) is 2.12. The summed E-state index contributed by atoms with van der Waals surface area (Å²) in [6.45, 7) is 0. The monoisotopic (exact) mass is 867 g/mol. The van der Waals surface area contributed by atoms with E-state index in [-0.39, 0.29) is 6.07 Å². The van der Waals surface area contributed by atoms with Crippen LogP contribution >= 0.6 is 0 Å². The minimum Gasteiger partial charge on any atom is -0.744 e. The van der Waals surface area contributed by atoms with Gasteiger partial charge < -0.3 is 14.0 Å². The molecule has 0 amide bonds. The Bertz CT molecular complexity index is 2800. The Kier molecular flexibility index (Phi) is 10.2. The molecule has 0 unspecified atom stereocenters. The van der Waals surface area contributed by atoms with Gasteiger partial charge in [-0.25, -0.2) is 69.9 Å². The third-order valence-electron chi connectivity index (χ3n) is 7.95. The SMILES string of the molecule is O=S(=O)([O-])c1cc(Oc2c(F)c(F)c(-c3c(F)c(F)c(F)c(F)c3F)c(F)c2F)c2cc(Oc3c(F)c(F)c(-c4c(F)c(F)c(F)c(F)c4F)c(F)c3F)ccc2c1. The molecule has 0 bridgehead atoms. The van der Waals surface area contributed by atoms with Crippen molar-refractivity contribution in [1.29, 1.82) is 0 Å². The molecule has 6 aromatic carbocycles. The number of halogens is 18. The summed E-state index contributed by atoms with van der Waals surface area (Å²) in [7, 11) is -5.62. The van der Waals surface area contributed by atoms with E-state index in [2.05, 4.69) is 0 Å². The number of ether oxygens (including phenoxy) is 2. The number of rotatable bonds is 7. The van der Waals surface area contributed by atoms with Gasteiger partial charge in [-0.2, -0.15) is 17.6 Å². The number of fused-ring (bicyclic) bond motifs is 1. The van der Waals surface area contributed by atoms with Crippen molar-refractivity contribution in [2.45, 2.75) is 4.90 Å². The van der Waals surface area contributed by atoms with Crippen LogP contribution in [0.2, 0.25) is 0 Å². The highest BCUT2D eigenvalue weighted by Crippen LogP contribution is 2.45. The Morgan fingerprint density at radius 2 is 0.690 bits per heavy atom. The summed E-state index contributed by atoms with van der Waals surface area (Å²) in [5.41, 5.74) is -9.93. The molecule has 6 aromatic rings. The number of hydrogen-bond donors (Lipinski definition) is 0. The minimum atomic E-state index is -5.62. The lowest BCUT2D eigenvalue weighted by Gasteiger charge is -2.18. The highest BCUT2D eigenvalue weighted by molar-refractivity contribution is 7.85. The zero-order valence-corrected chi connectivity index (χ0v) is 27.5. The Labute approximate surface area is 307 Å². The van der Waals surface area contributed by atoms with E-state index in [1.165, 1.54) is 0 Å². The third-order valence-corrected chi connectivity index (χ3v) is 8.76. The maximum atomic E-state index is 15.3. The second-order valence-electron chi connectivity index (χ2n) is 11.3. The summed E-state index contributed by atoms with van der Waals surface area (Å²) >= 11 is 0. The summed E-state index contributed by atoms with van der Waals surface area (Å²) < 4.78 is 305. The maximum absolute atomic E-state index is 15.3. The number of benzene rings is 6. The van der Waals surface area contributed by atoms with Gasteiger partial charge in [0.2, 0.25) is 46.4 Å². The third kappa shape index (κ3) is 6.35. The van der Waals surface area contributed by atoms with Gasteiger partial charge in [0.1, 0.15) is 21.6 Å². The highest BCUT2D eigenvalue weighted by Gasteiger charge is 2.37. The van der Waals surface area contributed by atoms with Crippen molar-refractivity contribution in [3.63, 3.8) is 0 Å². The quantitative estimate of drug-likeness (QED) is 0.0691. The van der Waals surface area contributed by atoms with Crippen molar-refractivity contribution < 1.29 is 101 Å². The average molecular weight is 867 g/mol. The predicted octanol–water partition coefficient (Wildman–Crippen LogP) is 11.2. The van der Waals surface area contributed by atoms with Crippen molar-refractivity contribution in [1.82, 2.24) is 0 Å². The van der Waals surface area contributed by atoms with Crippen molar-refractivity contribution in [3.05, 3.63) is 135 Å². The molecule has 0 aliphatic rings. The van der Waals surface area contributed by atoms with Crippen LogP contribution in [-0.4, -0.2) is 13.0 Å². The molecule has 304 valence electrons. The minimum absolute atomic E-state index is 0.0838. The molecule has 0 spiro atoms. The molecule has 0 heterocycles. The molecular weight excluding hydrogens is 862 g/mol. The van der Waals surface area contributed by atoms with E-state index in [4.69, 9.17) is 9.47 Å².